The number of rotatable bonds is 6. The zero-order valence-electron chi connectivity index (χ0n) is 17.1. The number of H-pyrrole nitrogens is 1. The predicted octanol–water partition coefficient (Wildman–Crippen LogP) is 1.68. The van der Waals surface area contributed by atoms with E-state index in [-0.39, 0.29) is 35.5 Å². The lowest BCUT2D eigenvalue weighted by molar-refractivity contribution is -0.140. The summed E-state index contributed by atoms with van der Waals surface area (Å²) in [6.07, 6.45) is 6.05. The van der Waals surface area contributed by atoms with Gasteiger partial charge in [-0.15, -0.1) is 0 Å². The Bertz CT molecular complexity index is 976. The van der Waals surface area contributed by atoms with Crippen LogP contribution in [0.4, 0.5) is 0 Å². The van der Waals surface area contributed by atoms with Gasteiger partial charge in [0.25, 0.3) is 0 Å². The molecule has 2 fully saturated rings. The maximum absolute atomic E-state index is 12.7. The van der Waals surface area contributed by atoms with Crippen molar-refractivity contribution in [3.05, 3.63) is 48.2 Å². The number of hydrogen-bond donors (Lipinski definition) is 3. The van der Waals surface area contributed by atoms with E-state index in [0.29, 0.717) is 19.0 Å². The van der Waals surface area contributed by atoms with Crippen LogP contribution in [0.25, 0.3) is 10.9 Å². The molecule has 1 saturated heterocycles. The van der Waals surface area contributed by atoms with Crippen molar-refractivity contribution >= 4 is 28.7 Å². The number of likely N-dealkylation sites (tertiary alicyclic amines) is 1. The molecule has 2 amide bonds. The van der Waals surface area contributed by atoms with E-state index in [1.165, 1.54) is 16.0 Å². The first-order valence-corrected chi connectivity index (χ1v) is 10.7. The molecule has 4 atom stereocenters. The highest BCUT2D eigenvalue weighted by atomic mass is 16.2. The van der Waals surface area contributed by atoms with Gasteiger partial charge in [0.1, 0.15) is 0 Å². The van der Waals surface area contributed by atoms with Crippen molar-refractivity contribution in [1.29, 1.82) is 0 Å². The quantitative estimate of drug-likeness (QED) is 0.295. The monoisotopic (exact) mass is 405 g/mol. The highest BCUT2D eigenvalue weighted by Crippen LogP contribution is 2.52. The van der Waals surface area contributed by atoms with Crippen molar-refractivity contribution in [2.24, 2.45) is 28.7 Å². The van der Waals surface area contributed by atoms with Crippen molar-refractivity contribution in [3.8, 4) is 0 Å². The number of hydrogen-bond acceptors (Lipinski definition) is 3. The van der Waals surface area contributed by atoms with Gasteiger partial charge in [0, 0.05) is 44.3 Å². The summed E-state index contributed by atoms with van der Waals surface area (Å²) < 4.78 is 0. The lowest BCUT2D eigenvalue weighted by Crippen LogP contribution is -2.44. The standard InChI is InChI=1S/C23H27N5O2/c1-24-23(25-9-8-17-13-14-4-2-3-5-18(14)27-17)26-10-11-28-21(29)19-15-6-7-16(12-15)20(19)22(28)30/h2-7,13,15-16,19-20,27H,8-12H2,1H3,(H2,24,25,26). The van der Waals surface area contributed by atoms with Crippen molar-refractivity contribution in [2.75, 3.05) is 26.7 Å². The van der Waals surface area contributed by atoms with Crippen molar-refractivity contribution in [2.45, 2.75) is 12.8 Å². The zero-order chi connectivity index (χ0) is 20.7. The van der Waals surface area contributed by atoms with Gasteiger partial charge in [-0.05, 0) is 35.8 Å². The number of fused-ring (bicyclic) bond motifs is 6. The number of nitrogens with zero attached hydrogens (tertiary/aromatic N) is 2. The molecule has 2 bridgehead atoms. The molecule has 156 valence electrons. The van der Waals surface area contributed by atoms with E-state index < -0.39 is 0 Å². The smallest absolute Gasteiger partial charge is 0.233 e. The van der Waals surface area contributed by atoms with Crippen LogP contribution in [0.2, 0.25) is 0 Å². The van der Waals surface area contributed by atoms with Gasteiger partial charge in [0.15, 0.2) is 5.96 Å². The van der Waals surface area contributed by atoms with E-state index in [2.05, 4.69) is 51.0 Å². The third-order valence-electron chi connectivity index (χ3n) is 6.69. The fourth-order valence-electron chi connectivity index (χ4n) is 5.27. The van der Waals surface area contributed by atoms with Crippen LogP contribution < -0.4 is 10.6 Å². The van der Waals surface area contributed by atoms with Gasteiger partial charge in [-0.25, -0.2) is 0 Å². The molecule has 1 saturated carbocycles. The highest BCUT2D eigenvalue weighted by molar-refractivity contribution is 6.06. The van der Waals surface area contributed by atoms with E-state index in [1.54, 1.807) is 7.05 Å². The predicted molar refractivity (Wildman–Crippen MR) is 116 cm³/mol. The average Bonchev–Trinajstić information content (AvgIpc) is 3.51. The molecule has 7 heteroatoms. The van der Waals surface area contributed by atoms with Crippen LogP contribution in [0.15, 0.2) is 47.5 Å². The Labute approximate surface area is 175 Å². The summed E-state index contributed by atoms with van der Waals surface area (Å²) >= 11 is 0. The third kappa shape index (κ3) is 3.18. The maximum Gasteiger partial charge on any atom is 0.233 e. The number of benzene rings is 1. The number of imide groups is 1. The summed E-state index contributed by atoms with van der Waals surface area (Å²) in [6, 6.07) is 10.4. The summed E-state index contributed by atoms with van der Waals surface area (Å²) in [7, 11) is 1.72. The fourth-order valence-corrected chi connectivity index (χ4v) is 5.27. The zero-order valence-corrected chi connectivity index (χ0v) is 17.1. The Morgan fingerprint density at radius 2 is 1.80 bits per heavy atom. The number of aromatic nitrogens is 1. The summed E-state index contributed by atoms with van der Waals surface area (Å²) in [6.45, 7) is 1.60. The molecule has 2 aliphatic carbocycles. The molecule has 1 aromatic heterocycles. The largest absolute Gasteiger partial charge is 0.358 e. The number of carbonyl (C=O) groups excluding carboxylic acids is 2. The number of para-hydroxylation sites is 1. The van der Waals surface area contributed by atoms with E-state index in [1.807, 2.05) is 12.1 Å². The van der Waals surface area contributed by atoms with E-state index in [4.69, 9.17) is 0 Å². The van der Waals surface area contributed by atoms with Crippen LogP contribution in [-0.2, 0) is 16.0 Å². The first-order chi connectivity index (χ1) is 14.7. The van der Waals surface area contributed by atoms with Crippen LogP contribution in [-0.4, -0.2) is 54.3 Å². The molecule has 7 nitrogen and oxygen atoms in total. The molecule has 0 radical (unpaired) electrons. The Hall–Kier alpha value is -3.09. The van der Waals surface area contributed by atoms with Crippen molar-refractivity contribution in [1.82, 2.24) is 20.5 Å². The van der Waals surface area contributed by atoms with Gasteiger partial charge in [0.2, 0.25) is 11.8 Å². The van der Waals surface area contributed by atoms with Gasteiger partial charge >= 0.3 is 0 Å². The molecule has 2 heterocycles. The highest BCUT2D eigenvalue weighted by Gasteiger charge is 2.58. The van der Waals surface area contributed by atoms with Crippen LogP contribution in [0.3, 0.4) is 0 Å². The Balaban J connectivity index is 1.09. The van der Waals surface area contributed by atoms with E-state index in [0.717, 1.165) is 24.9 Å². The summed E-state index contributed by atoms with van der Waals surface area (Å²) in [5.74, 6) is 0.951. The molecule has 1 aromatic carbocycles. The normalized spacial score (nSPS) is 27.4. The number of aromatic amines is 1. The molecule has 4 unspecified atom stereocenters. The molecule has 2 aromatic rings. The third-order valence-corrected chi connectivity index (χ3v) is 6.69. The van der Waals surface area contributed by atoms with E-state index in [9.17, 15) is 9.59 Å². The number of guanidine groups is 1. The van der Waals surface area contributed by atoms with Gasteiger partial charge in [-0.2, -0.15) is 0 Å². The van der Waals surface area contributed by atoms with Crippen LogP contribution >= 0.6 is 0 Å². The SMILES string of the molecule is CN=C(NCCc1cc2ccccc2[nH]1)NCCN1C(=O)C2C3C=CC(C3)C2C1=O. The first kappa shape index (κ1) is 18.9. The minimum Gasteiger partial charge on any atom is -0.358 e. The van der Waals surface area contributed by atoms with Gasteiger partial charge < -0.3 is 15.6 Å². The van der Waals surface area contributed by atoms with Crippen LogP contribution in [0.5, 0.6) is 0 Å². The minimum atomic E-state index is -0.124. The van der Waals surface area contributed by atoms with Crippen molar-refractivity contribution in [3.63, 3.8) is 0 Å². The summed E-state index contributed by atoms with van der Waals surface area (Å²) in [5, 5.41) is 7.73. The van der Waals surface area contributed by atoms with Crippen LogP contribution in [0.1, 0.15) is 12.1 Å². The lowest BCUT2D eigenvalue weighted by Gasteiger charge is -2.18. The first-order valence-electron chi connectivity index (χ1n) is 10.7. The minimum absolute atomic E-state index is 0.00501. The Morgan fingerprint density at radius 1 is 1.10 bits per heavy atom. The Kier molecular flexibility index (Phi) is 4.81. The fraction of sp³-hybridized carbons (Fsp3) is 0.435. The number of carbonyl (C=O) groups is 2. The van der Waals surface area contributed by atoms with Gasteiger partial charge in [-0.3, -0.25) is 19.5 Å². The number of nitrogens with one attached hydrogen (secondary N) is 3. The Morgan fingerprint density at radius 3 is 2.50 bits per heavy atom. The molecule has 30 heavy (non-hydrogen) atoms. The van der Waals surface area contributed by atoms with Gasteiger partial charge in [-0.1, -0.05) is 30.4 Å². The van der Waals surface area contributed by atoms with E-state index >= 15 is 0 Å². The second kappa shape index (κ2) is 7.63. The lowest BCUT2D eigenvalue weighted by atomic mass is 9.85. The van der Waals surface area contributed by atoms with Crippen LogP contribution in [0, 0.1) is 23.7 Å². The number of aliphatic imine (C=N–C) groups is 1. The average molecular weight is 406 g/mol. The molecule has 3 N–H and O–H groups in total. The van der Waals surface area contributed by atoms with Gasteiger partial charge in [0.05, 0.1) is 11.8 Å². The second-order valence-electron chi connectivity index (χ2n) is 8.39. The molecule has 3 aliphatic rings. The number of allylic oxidation sites excluding steroid dienone is 2. The molecule has 0 spiro atoms. The second-order valence-corrected chi connectivity index (χ2v) is 8.39. The number of amides is 2. The molecular weight excluding hydrogens is 378 g/mol. The van der Waals surface area contributed by atoms with Crippen molar-refractivity contribution < 1.29 is 9.59 Å². The summed E-state index contributed by atoms with van der Waals surface area (Å²) in [5.41, 5.74) is 2.31. The topological polar surface area (TPSA) is 89.6 Å². The molecular formula is C23H27N5O2. The molecule has 5 rings (SSSR count). The summed E-state index contributed by atoms with van der Waals surface area (Å²) in [4.78, 5) is 34.6. The maximum atomic E-state index is 12.7. The molecule has 1 aliphatic heterocycles.